The van der Waals surface area contributed by atoms with Gasteiger partial charge in [0.05, 0.1) is 5.41 Å². The molecule has 5 rings (SSSR count). The van der Waals surface area contributed by atoms with Crippen molar-refractivity contribution < 1.29 is 14.3 Å². The average Bonchev–Trinajstić information content (AvgIpc) is 3.28. The first-order valence-electron chi connectivity index (χ1n) is 9.30. The minimum Gasteiger partial charge on any atom is -0.458 e. The fourth-order valence-corrected chi connectivity index (χ4v) is 3.97. The van der Waals surface area contributed by atoms with Gasteiger partial charge < -0.3 is 19.4 Å². The number of hydrogen-bond acceptors (Lipinski definition) is 3. The standard InChI is InChI=1S/C22H22N2O3/c1-14-9-16(11-20-19(10-14)26-13-27-20)22(6-7-22)21(25)23-17-4-3-15-5-8-24(2)18(15)12-17/h3-5,8-9,11-12H,6-7,10,13H2,1-2H3,(H,23,25). The number of carbonyl (C=O) groups is 1. The molecule has 2 aliphatic carbocycles. The number of nitrogens with zero attached hydrogens (tertiary/aromatic N) is 1. The van der Waals surface area contributed by atoms with Crippen LogP contribution in [0.15, 0.2) is 65.3 Å². The fourth-order valence-electron chi connectivity index (χ4n) is 3.97. The Morgan fingerprint density at radius 2 is 2.04 bits per heavy atom. The van der Waals surface area contributed by atoms with E-state index in [0.29, 0.717) is 0 Å². The number of aryl methyl sites for hydroxylation is 1. The molecule has 3 aliphatic rings. The number of rotatable bonds is 3. The smallest absolute Gasteiger partial charge is 0.235 e. The van der Waals surface area contributed by atoms with Crippen LogP contribution >= 0.6 is 0 Å². The van der Waals surface area contributed by atoms with Crippen LogP contribution in [-0.2, 0) is 21.3 Å². The molecule has 1 saturated carbocycles. The van der Waals surface area contributed by atoms with Crippen LogP contribution in [0.25, 0.3) is 10.9 Å². The summed E-state index contributed by atoms with van der Waals surface area (Å²) in [7, 11) is 2.01. The van der Waals surface area contributed by atoms with Crippen molar-refractivity contribution in [3.05, 3.63) is 65.3 Å². The molecule has 0 spiro atoms. The van der Waals surface area contributed by atoms with E-state index >= 15 is 0 Å². The first kappa shape index (κ1) is 16.2. The van der Waals surface area contributed by atoms with E-state index in [-0.39, 0.29) is 12.7 Å². The van der Waals surface area contributed by atoms with Crippen LogP contribution in [0.4, 0.5) is 5.69 Å². The maximum absolute atomic E-state index is 13.2. The first-order valence-corrected chi connectivity index (χ1v) is 9.30. The Morgan fingerprint density at radius 3 is 2.85 bits per heavy atom. The number of anilines is 1. The molecule has 0 bridgehead atoms. The highest BCUT2D eigenvalue weighted by Gasteiger charge is 2.52. The number of fused-ring (bicyclic) bond motifs is 1. The third kappa shape index (κ3) is 2.65. The van der Waals surface area contributed by atoms with Gasteiger partial charge in [0.1, 0.15) is 5.76 Å². The third-order valence-electron chi connectivity index (χ3n) is 5.73. The summed E-state index contributed by atoms with van der Waals surface area (Å²) < 4.78 is 13.2. The Bertz CT molecular complexity index is 1050. The van der Waals surface area contributed by atoms with Crippen LogP contribution in [0.3, 0.4) is 0 Å². The Hall–Kier alpha value is -2.95. The molecule has 1 fully saturated rings. The zero-order valence-electron chi connectivity index (χ0n) is 15.5. The lowest BCUT2D eigenvalue weighted by Gasteiger charge is -2.17. The van der Waals surface area contributed by atoms with Crippen LogP contribution < -0.4 is 5.32 Å². The topological polar surface area (TPSA) is 52.5 Å². The van der Waals surface area contributed by atoms with E-state index in [1.807, 2.05) is 37.5 Å². The monoisotopic (exact) mass is 362 g/mol. The largest absolute Gasteiger partial charge is 0.458 e. The Balaban J connectivity index is 1.45. The maximum Gasteiger partial charge on any atom is 0.235 e. The number of aromatic nitrogens is 1. The third-order valence-corrected chi connectivity index (χ3v) is 5.73. The van der Waals surface area contributed by atoms with Crippen molar-refractivity contribution >= 4 is 22.5 Å². The fraction of sp³-hybridized carbons (Fsp3) is 0.318. The van der Waals surface area contributed by atoms with Gasteiger partial charge in [-0.25, -0.2) is 0 Å². The molecule has 1 aliphatic heterocycles. The van der Waals surface area contributed by atoms with Gasteiger partial charge in [0.2, 0.25) is 12.7 Å². The first-order chi connectivity index (χ1) is 13.0. The molecule has 1 N–H and O–H groups in total. The van der Waals surface area contributed by atoms with E-state index in [1.165, 1.54) is 11.0 Å². The summed E-state index contributed by atoms with van der Waals surface area (Å²) in [6.07, 6.45) is 8.58. The summed E-state index contributed by atoms with van der Waals surface area (Å²) in [4.78, 5) is 13.2. The minimum absolute atomic E-state index is 0.0503. The summed E-state index contributed by atoms with van der Waals surface area (Å²) in [6.45, 7) is 2.33. The molecule has 27 heavy (non-hydrogen) atoms. The van der Waals surface area contributed by atoms with Gasteiger partial charge in [-0.2, -0.15) is 0 Å². The molecule has 0 saturated heterocycles. The number of ether oxygens (including phenoxy) is 2. The lowest BCUT2D eigenvalue weighted by atomic mass is 9.92. The number of nitrogens with one attached hydrogen (secondary N) is 1. The van der Waals surface area contributed by atoms with Crippen LogP contribution in [0, 0.1) is 5.41 Å². The molecule has 5 nitrogen and oxygen atoms in total. The summed E-state index contributed by atoms with van der Waals surface area (Å²) in [5.41, 5.74) is 3.66. The summed E-state index contributed by atoms with van der Waals surface area (Å²) in [5.74, 6) is 1.68. The van der Waals surface area contributed by atoms with Crippen LogP contribution in [-0.4, -0.2) is 17.3 Å². The van der Waals surface area contributed by atoms with E-state index in [2.05, 4.69) is 29.0 Å². The zero-order chi connectivity index (χ0) is 18.6. The second-order valence-electron chi connectivity index (χ2n) is 7.70. The number of carbonyl (C=O) groups excluding carboxylic acids is 1. The van der Waals surface area contributed by atoms with E-state index in [4.69, 9.17) is 9.47 Å². The predicted octanol–water partition coefficient (Wildman–Crippen LogP) is 4.39. The number of amides is 1. The van der Waals surface area contributed by atoms with Gasteiger partial charge in [0.25, 0.3) is 0 Å². The van der Waals surface area contributed by atoms with Crippen molar-refractivity contribution in [3.8, 4) is 0 Å². The van der Waals surface area contributed by atoms with E-state index in [9.17, 15) is 4.79 Å². The zero-order valence-corrected chi connectivity index (χ0v) is 15.5. The van der Waals surface area contributed by atoms with Gasteiger partial charge >= 0.3 is 0 Å². The molecule has 0 radical (unpaired) electrons. The van der Waals surface area contributed by atoms with E-state index < -0.39 is 5.41 Å². The highest BCUT2D eigenvalue weighted by atomic mass is 16.7. The normalized spacial score (nSPS) is 20.2. The van der Waals surface area contributed by atoms with Crippen molar-refractivity contribution in [2.45, 2.75) is 26.2 Å². The highest BCUT2D eigenvalue weighted by Crippen LogP contribution is 2.54. The lowest BCUT2D eigenvalue weighted by Crippen LogP contribution is -2.25. The van der Waals surface area contributed by atoms with Crippen LogP contribution in [0.2, 0.25) is 0 Å². The Morgan fingerprint density at radius 1 is 1.19 bits per heavy atom. The van der Waals surface area contributed by atoms with Crippen molar-refractivity contribution in [1.82, 2.24) is 4.57 Å². The second-order valence-corrected chi connectivity index (χ2v) is 7.70. The summed E-state index contributed by atoms with van der Waals surface area (Å²) in [5, 5.41) is 4.30. The van der Waals surface area contributed by atoms with Gasteiger partial charge in [-0.05, 0) is 55.0 Å². The Labute approximate surface area is 157 Å². The van der Waals surface area contributed by atoms with Crippen molar-refractivity contribution in [1.29, 1.82) is 0 Å². The highest BCUT2D eigenvalue weighted by molar-refractivity contribution is 6.01. The van der Waals surface area contributed by atoms with Crippen LogP contribution in [0.5, 0.6) is 0 Å². The molecular weight excluding hydrogens is 340 g/mol. The minimum atomic E-state index is -0.473. The molecule has 1 amide bonds. The summed E-state index contributed by atoms with van der Waals surface area (Å²) in [6, 6.07) is 8.11. The van der Waals surface area contributed by atoms with Crippen molar-refractivity contribution in [2.24, 2.45) is 12.5 Å². The molecule has 1 aromatic carbocycles. The maximum atomic E-state index is 13.2. The van der Waals surface area contributed by atoms with Gasteiger partial charge in [0, 0.05) is 30.9 Å². The van der Waals surface area contributed by atoms with Crippen LogP contribution in [0.1, 0.15) is 26.2 Å². The van der Waals surface area contributed by atoms with Gasteiger partial charge in [-0.1, -0.05) is 17.7 Å². The predicted molar refractivity (Wildman–Crippen MR) is 104 cm³/mol. The van der Waals surface area contributed by atoms with Gasteiger partial charge in [-0.15, -0.1) is 0 Å². The van der Waals surface area contributed by atoms with Crippen molar-refractivity contribution in [2.75, 3.05) is 12.1 Å². The Kier molecular flexibility index (Phi) is 3.47. The number of hydrogen-bond donors (Lipinski definition) is 1. The van der Waals surface area contributed by atoms with Crippen molar-refractivity contribution in [3.63, 3.8) is 0 Å². The molecule has 138 valence electrons. The second kappa shape index (κ2) is 5.78. The number of allylic oxidation sites excluding steroid dienone is 3. The SMILES string of the molecule is CC1=CC(C2(C(=O)Nc3ccc4ccn(C)c4c3)CC2)=CC2=C(C1)OCO2. The molecular formula is C22H22N2O3. The molecule has 2 heterocycles. The van der Waals surface area contributed by atoms with Gasteiger partial charge in [-0.3, -0.25) is 4.79 Å². The molecule has 5 heteroatoms. The lowest BCUT2D eigenvalue weighted by molar-refractivity contribution is -0.119. The molecule has 2 aromatic rings. The molecule has 0 atom stereocenters. The molecule has 0 unspecified atom stereocenters. The number of benzene rings is 1. The van der Waals surface area contributed by atoms with E-state index in [0.717, 1.165) is 47.6 Å². The quantitative estimate of drug-likeness (QED) is 0.881. The van der Waals surface area contributed by atoms with E-state index in [1.54, 1.807) is 0 Å². The molecule has 1 aromatic heterocycles. The van der Waals surface area contributed by atoms with Gasteiger partial charge in [0.15, 0.2) is 5.76 Å². The summed E-state index contributed by atoms with van der Waals surface area (Å²) >= 11 is 0. The average molecular weight is 362 g/mol.